The van der Waals surface area contributed by atoms with E-state index in [4.69, 9.17) is 11.0 Å². The summed E-state index contributed by atoms with van der Waals surface area (Å²) in [6.45, 7) is 1.49. The Bertz CT molecular complexity index is 433. The molecule has 1 amide bonds. The maximum absolute atomic E-state index is 11.4. The molecule has 0 aliphatic rings. The SMILES string of the molecule is CN(C)CCNC(C(N)=O)c1ccc(C#N)cc1. The van der Waals surface area contributed by atoms with Crippen LogP contribution in [0.15, 0.2) is 24.3 Å². The molecule has 96 valence electrons. The summed E-state index contributed by atoms with van der Waals surface area (Å²) >= 11 is 0. The minimum absolute atomic E-state index is 0.418. The summed E-state index contributed by atoms with van der Waals surface area (Å²) in [4.78, 5) is 13.4. The average Bonchev–Trinajstić information content (AvgIpc) is 2.34. The zero-order valence-electron chi connectivity index (χ0n) is 10.7. The summed E-state index contributed by atoms with van der Waals surface area (Å²) in [7, 11) is 3.92. The molecular weight excluding hydrogens is 228 g/mol. The Balaban J connectivity index is 2.72. The van der Waals surface area contributed by atoms with Gasteiger partial charge in [0.05, 0.1) is 11.6 Å². The molecule has 0 aliphatic carbocycles. The van der Waals surface area contributed by atoms with Gasteiger partial charge in [0.2, 0.25) is 5.91 Å². The first-order valence-corrected chi connectivity index (χ1v) is 5.72. The summed E-state index contributed by atoms with van der Waals surface area (Å²) in [6.07, 6.45) is 0. The molecular formula is C13H18N4O. The highest BCUT2D eigenvalue weighted by Gasteiger charge is 2.16. The molecule has 0 radical (unpaired) electrons. The number of nitrogens with zero attached hydrogens (tertiary/aromatic N) is 2. The van der Waals surface area contributed by atoms with Crippen LogP contribution in [0.1, 0.15) is 17.2 Å². The lowest BCUT2D eigenvalue weighted by Crippen LogP contribution is -2.37. The van der Waals surface area contributed by atoms with Crippen molar-refractivity contribution in [1.29, 1.82) is 5.26 Å². The van der Waals surface area contributed by atoms with Crippen molar-refractivity contribution in [2.24, 2.45) is 5.73 Å². The van der Waals surface area contributed by atoms with E-state index in [-0.39, 0.29) is 0 Å². The standard InChI is InChI=1S/C13H18N4O/c1-17(2)8-7-16-12(13(15)18)11-5-3-10(9-14)4-6-11/h3-6,12,16H,7-8H2,1-2H3,(H2,15,18). The molecule has 0 bridgehead atoms. The monoisotopic (exact) mass is 246 g/mol. The van der Waals surface area contributed by atoms with Crippen LogP contribution >= 0.6 is 0 Å². The predicted molar refractivity (Wildman–Crippen MR) is 69.6 cm³/mol. The number of benzene rings is 1. The molecule has 0 aliphatic heterocycles. The Kier molecular flexibility index (Phi) is 5.31. The molecule has 1 aromatic rings. The van der Waals surface area contributed by atoms with E-state index in [2.05, 4.69) is 5.32 Å². The van der Waals surface area contributed by atoms with Gasteiger partial charge in [-0.2, -0.15) is 5.26 Å². The van der Waals surface area contributed by atoms with Crippen LogP contribution in [-0.4, -0.2) is 38.0 Å². The number of hydrogen-bond donors (Lipinski definition) is 2. The van der Waals surface area contributed by atoms with Crippen LogP contribution in [0.2, 0.25) is 0 Å². The molecule has 0 saturated carbocycles. The van der Waals surface area contributed by atoms with E-state index < -0.39 is 11.9 Å². The number of carbonyl (C=O) groups is 1. The number of nitrogens with two attached hydrogens (primary N) is 1. The highest BCUT2D eigenvalue weighted by Crippen LogP contribution is 2.13. The van der Waals surface area contributed by atoms with E-state index in [1.165, 1.54) is 0 Å². The zero-order valence-corrected chi connectivity index (χ0v) is 10.7. The van der Waals surface area contributed by atoms with Crippen LogP contribution in [0.3, 0.4) is 0 Å². The highest BCUT2D eigenvalue weighted by molar-refractivity contribution is 5.81. The highest BCUT2D eigenvalue weighted by atomic mass is 16.1. The van der Waals surface area contributed by atoms with Crippen LogP contribution in [0.25, 0.3) is 0 Å². The first-order chi connectivity index (χ1) is 8.54. The molecule has 1 unspecified atom stereocenters. The minimum Gasteiger partial charge on any atom is -0.368 e. The lowest BCUT2D eigenvalue weighted by molar-refractivity contribution is -0.120. The largest absolute Gasteiger partial charge is 0.368 e. The van der Waals surface area contributed by atoms with Gasteiger partial charge in [-0.05, 0) is 31.8 Å². The van der Waals surface area contributed by atoms with Gasteiger partial charge < -0.3 is 16.0 Å². The molecule has 0 spiro atoms. The Hall–Kier alpha value is -1.90. The van der Waals surface area contributed by atoms with E-state index >= 15 is 0 Å². The molecule has 3 N–H and O–H groups in total. The van der Waals surface area contributed by atoms with Crippen LogP contribution in [-0.2, 0) is 4.79 Å². The molecule has 5 heteroatoms. The lowest BCUT2D eigenvalue weighted by atomic mass is 10.0. The fourth-order valence-electron chi connectivity index (χ4n) is 1.57. The third-order valence-corrected chi connectivity index (χ3v) is 2.57. The molecule has 0 aromatic heterocycles. The third kappa shape index (κ3) is 4.17. The minimum atomic E-state index is -0.516. The van der Waals surface area contributed by atoms with Gasteiger partial charge in [-0.15, -0.1) is 0 Å². The van der Waals surface area contributed by atoms with Gasteiger partial charge in [0.25, 0.3) is 0 Å². The van der Waals surface area contributed by atoms with E-state index in [9.17, 15) is 4.79 Å². The van der Waals surface area contributed by atoms with Gasteiger partial charge in [0.1, 0.15) is 6.04 Å². The van der Waals surface area contributed by atoms with Gasteiger partial charge in [0.15, 0.2) is 0 Å². The molecule has 5 nitrogen and oxygen atoms in total. The second kappa shape index (κ2) is 6.74. The Morgan fingerprint density at radius 1 is 1.44 bits per heavy atom. The summed E-state index contributed by atoms with van der Waals surface area (Å²) in [5.74, 6) is -0.418. The second-order valence-corrected chi connectivity index (χ2v) is 4.33. The Morgan fingerprint density at radius 2 is 2.06 bits per heavy atom. The summed E-state index contributed by atoms with van der Waals surface area (Å²) < 4.78 is 0. The number of nitrogens with one attached hydrogen (secondary N) is 1. The molecule has 0 heterocycles. The molecule has 1 atom stereocenters. The Labute approximate surface area is 107 Å². The number of amides is 1. The molecule has 0 fully saturated rings. The first-order valence-electron chi connectivity index (χ1n) is 5.72. The fraction of sp³-hybridized carbons (Fsp3) is 0.385. The molecule has 18 heavy (non-hydrogen) atoms. The maximum atomic E-state index is 11.4. The summed E-state index contributed by atoms with van der Waals surface area (Å²) in [6, 6.07) is 8.37. The summed E-state index contributed by atoms with van der Waals surface area (Å²) in [5.41, 5.74) is 6.72. The van der Waals surface area contributed by atoms with Crippen molar-refractivity contribution >= 4 is 5.91 Å². The van der Waals surface area contributed by atoms with Crippen molar-refractivity contribution in [3.05, 3.63) is 35.4 Å². The number of primary amides is 1. The quantitative estimate of drug-likeness (QED) is 0.753. The van der Waals surface area contributed by atoms with Crippen LogP contribution < -0.4 is 11.1 Å². The van der Waals surface area contributed by atoms with Gasteiger partial charge in [0, 0.05) is 13.1 Å². The normalized spacial score (nSPS) is 12.1. The predicted octanol–water partition coefficient (Wildman–Crippen LogP) is 0.236. The third-order valence-electron chi connectivity index (χ3n) is 2.57. The number of hydrogen-bond acceptors (Lipinski definition) is 4. The number of likely N-dealkylation sites (N-methyl/N-ethyl adjacent to an activating group) is 1. The van der Waals surface area contributed by atoms with Crippen molar-refractivity contribution in [1.82, 2.24) is 10.2 Å². The van der Waals surface area contributed by atoms with Gasteiger partial charge in [-0.25, -0.2) is 0 Å². The van der Waals surface area contributed by atoms with Crippen molar-refractivity contribution < 1.29 is 4.79 Å². The van der Waals surface area contributed by atoms with Crippen molar-refractivity contribution in [3.8, 4) is 6.07 Å². The average molecular weight is 246 g/mol. The van der Waals surface area contributed by atoms with Gasteiger partial charge >= 0.3 is 0 Å². The summed E-state index contributed by atoms with van der Waals surface area (Å²) in [5, 5.41) is 11.8. The van der Waals surface area contributed by atoms with E-state index in [1.54, 1.807) is 24.3 Å². The van der Waals surface area contributed by atoms with E-state index in [1.807, 2.05) is 25.1 Å². The van der Waals surface area contributed by atoms with Gasteiger partial charge in [-0.1, -0.05) is 12.1 Å². The van der Waals surface area contributed by atoms with Crippen LogP contribution in [0, 0.1) is 11.3 Å². The maximum Gasteiger partial charge on any atom is 0.239 e. The number of nitriles is 1. The fourth-order valence-corrected chi connectivity index (χ4v) is 1.57. The molecule has 0 saturated heterocycles. The molecule has 1 rings (SSSR count). The zero-order chi connectivity index (χ0) is 13.5. The lowest BCUT2D eigenvalue weighted by Gasteiger charge is -2.17. The topological polar surface area (TPSA) is 82.2 Å². The number of rotatable bonds is 6. The van der Waals surface area contributed by atoms with E-state index in [0.717, 1.165) is 12.1 Å². The smallest absolute Gasteiger partial charge is 0.239 e. The van der Waals surface area contributed by atoms with Crippen molar-refractivity contribution in [2.75, 3.05) is 27.2 Å². The van der Waals surface area contributed by atoms with Gasteiger partial charge in [-0.3, -0.25) is 4.79 Å². The number of carbonyl (C=O) groups excluding carboxylic acids is 1. The van der Waals surface area contributed by atoms with Crippen LogP contribution in [0.4, 0.5) is 0 Å². The Morgan fingerprint density at radius 3 is 2.50 bits per heavy atom. The molecule has 1 aromatic carbocycles. The van der Waals surface area contributed by atoms with Crippen molar-refractivity contribution in [2.45, 2.75) is 6.04 Å². The first kappa shape index (κ1) is 14.2. The van der Waals surface area contributed by atoms with Crippen molar-refractivity contribution in [3.63, 3.8) is 0 Å². The van der Waals surface area contributed by atoms with E-state index in [0.29, 0.717) is 12.1 Å². The second-order valence-electron chi connectivity index (χ2n) is 4.33. The van der Waals surface area contributed by atoms with Crippen LogP contribution in [0.5, 0.6) is 0 Å².